The van der Waals surface area contributed by atoms with Crippen LogP contribution in [0.1, 0.15) is 78.5 Å². The summed E-state index contributed by atoms with van der Waals surface area (Å²) in [4.78, 5) is 68.4. The molecule has 7 aliphatic rings. The first kappa shape index (κ1) is 45.1. The molecule has 0 spiro atoms. The number of hydrogen-bond acceptors (Lipinski definition) is 14. The Hall–Kier alpha value is -6.76. The van der Waals surface area contributed by atoms with Crippen molar-refractivity contribution in [2.24, 2.45) is 5.41 Å². The van der Waals surface area contributed by atoms with Crippen LogP contribution in [0.25, 0.3) is 32.9 Å². The van der Waals surface area contributed by atoms with Gasteiger partial charge in [0.25, 0.3) is 5.91 Å². The first-order chi connectivity index (χ1) is 35.0. The number of carbonyl (C=O) groups is 3. The monoisotopic (exact) mass is 974 g/mol. The molecule has 3 atom stereocenters. The molecule has 4 saturated heterocycles. The molecule has 1 saturated carbocycles. The van der Waals surface area contributed by atoms with E-state index in [0.717, 1.165) is 143 Å². The molecule has 1 aliphatic carbocycles. The number of phenols is 1. The number of aromatic hydroxyl groups is 1. The maximum atomic E-state index is 17.2. The molecule has 2 bridgehead atoms. The number of ether oxygens (including phenoxy) is 1. The van der Waals surface area contributed by atoms with Crippen molar-refractivity contribution in [3.05, 3.63) is 95.0 Å². The van der Waals surface area contributed by atoms with Crippen LogP contribution in [-0.4, -0.2) is 139 Å². The molecule has 6 aromatic rings. The minimum Gasteiger partial charge on any atom is -0.508 e. The van der Waals surface area contributed by atoms with Crippen molar-refractivity contribution in [3.8, 4) is 23.0 Å². The summed E-state index contributed by atoms with van der Waals surface area (Å²) in [6, 6.07) is 15.4. The van der Waals surface area contributed by atoms with Crippen molar-refractivity contribution < 1.29 is 28.6 Å². The van der Waals surface area contributed by atoms with E-state index < -0.39 is 17.8 Å². The number of hydrogen-bond donors (Lipinski definition) is 3. The number of piperazine rings is 2. The number of imidazole rings is 1. The standard InChI is InChI=1S/C54H59FN12O5/c1-2-32-4-3-5-33-21-39(68)22-41(46(32)33)48-47(55)49-42(23-56-48)50(66-26-35-6-7-36(27-66)57-35)61-53(60-49)72-31-54(12-13-54)30-63-16-19-65-28-37(58-44(65)29-63)25-62-14-17-64(18-15-62)38-8-9-40-34(20-38)24-67(52(40)71)43-10-11-45(69)59-51(43)70/h3-5,8-9,20-23,28,35-36,43,57,68H,2,6-7,10-19,24-27,29-31H2,1H3,(H,59,69,70)/t35?,36?,43-/m0/s1. The number of nitrogens with zero attached hydrogens (tertiary/aromatic N) is 10. The summed E-state index contributed by atoms with van der Waals surface area (Å²) in [5, 5.41) is 19.1. The topological polar surface area (TPSA) is 177 Å². The summed E-state index contributed by atoms with van der Waals surface area (Å²) >= 11 is 0. The fourth-order valence-corrected chi connectivity index (χ4v) is 12.4. The Labute approximate surface area is 416 Å². The number of aromatic nitrogens is 5. The molecule has 372 valence electrons. The van der Waals surface area contributed by atoms with Gasteiger partial charge in [-0.2, -0.15) is 9.97 Å². The summed E-state index contributed by atoms with van der Waals surface area (Å²) in [6.07, 6.45) is 9.47. The molecule has 18 heteroatoms. The van der Waals surface area contributed by atoms with Crippen LogP contribution in [0.3, 0.4) is 0 Å². The number of imide groups is 1. The highest BCUT2D eigenvalue weighted by atomic mass is 19.1. The zero-order valence-electron chi connectivity index (χ0n) is 40.6. The SMILES string of the molecule is CCc1cccc2cc(O)cc(-c3ncc4c(N5CC6CCC(C5)N6)nc(OCC5(CN6CCn7cc(CN8CCN(c9ccc%10c(c9)CN([C@H]9CCC(=O)NC9=O)C%10=O)CC8)nc7C6)CC5)nc4c3F)c12. The first-order valence-corrected chi connectivity index (χ1v) is 25.8. The molecule has 2 unspecified atom stereocenters. The lowest BCUT2D eigenvalue weighted by Crippen LogP contribution is -2.52. The second kappa shape index (κ2) is 17.8. The van der Waals surface area contributed by atoms with Crippen LogP contribution in [-0.2, 0) is 42.2 Å². The highest BCUT2D eigenvalue weighted by molar-refractivity contribution is 6.06. The number of amides is 3. The maximum absolute atomic E-state index is 17.2. The average molecular weight is 975 g/mol. The highest BCUT2D eigenvalue weighted by Gasteiger charge is 2.46. The molecule has 3 aromatic heterocycles. The van der Waals surface area contributed by atoms with Gasteiger partial charge in [0.1, 0.15) is 34.6 Å². The lowest BCUT2D eigenvalue weighted by molar-refractivity contribution is -0.136. The number of benzene rings is 3. The van der Waals surface area contributed by atoms with Crippen LogP contribution in [0, 0.1) is 11.2 Å². The summed E-state index contributed by atoms with van der Waals surface area (Å²) in [6.45, 7) is 12.0. The normalized spacial score (nSPS) is 23.0. The largest absolute Gasteiger partial charge is 0.508 e. The average Bonchev–Trinajstić information content (AvgIpc) is 3.71. The predicted octanol–water partition coefficient (Wildman–Crippen LogP) is 5.15. The molecule has 5 fully saturated rings. The molecule has 6 aliphatic heterocycles. The van der Waals surface area contributed by atoms with E-state index in [9.17, 15) is 19.5 Å². The molecule has 3 N–H and O–H groups in total. The molecule has 3 amide bonds. The molecule has 3 aromatic carbocycles. The van der Waals surface area contributed by atoms with Crippen molar-refractivity contribution >= 4 is 50.9 Å². The Morgan fingerprint density at radius 2 is 1.69 bits per heavy atom. The number of halogens is 1. The van der Waals surface area contributed by atoms with Gasteiger partial charge >= 0.3 is 6.01 Å². The highest BCUT2D eigenvalue weighted by Crippen LogP contribution is 2.47. The first-order valence-electron chi connectivity index (χ1n) is 25.8. The van der Waals surface area contributed by atoms with Crippen molar-refractivity contribution in [2.45, 2.75) is 96.2 Å². The van der Waals surface area contributed by atoms with Crippen LogP contribution < -0.4 is 25.2 Å². The number of carbonyl (C=O) groups excluding carboxylic acids is 3. The van der Waals surface area contributed by atoms with Gasteiger partial charge in [0.2, 0.25) is 11.8 Å². The Bertz CT molecular complexity index is 3180. The molecule has 17 nitrogen and oxygen atoms in total. The molecule has 0 radical (unpaired) electrons. The Morgan fingerprint density at radius 3 is 2.49 bits per heavy atom. The van der Waals surface area contributed by atoms with E-state index in [-0.39, 0.29) is 46.6 Å². The lowest BCUT2D eigenvalue weighted by atomic mass is 9.95. The van der Waals surface area contributed by atoms with Crippen molar-refractivity contribution in [3.63, 3.8) is 0 Å². The Kier molecular flexibility index (Phi) is 11.1. The van der Waals surface area contributed by atoms with Gasteiger partial charge in [-0.25, -0.2) is 9.37 Å². The van der Waals surface area contributed by atoms with Crippen LogP contribution in [0.2, 0.25) is 0 Å². The number of nitrogens with one attached hydrogen (secondary N) is 2. The summed E-state index contributed by atoms with van der Waals surface area (Å²) in [5.74, 6) is 0.378. The smallest absolute Gasteiger partial charge is 0.319 e. The zero-order valence-corrected chi connectivity index (χ0v) is 40.6. The second-order valence-electron chi connectivity index (χ2n) is 21.3. The lowest BCUT2D eigenvalue weighted by Gasteiger charge is -2.36. The third-order valence-electron chi connectivity index (χ3n) is 16.4. The number of phenolic OH excluding ortho intramolecular Hbond substituents is 1. The number of pyridine rings is 1. The van der Waals surface area contributed by atoms with E-state index in [1.807, 2.05) is 30.3 Å². The number of fused-ring (bicyclic) bond motifs is 6. The quantitative estimate of drug-likeness (QED) is 0.137. The van der Waals surface area contributed by atoms with Crippen molar-refractivity contribution in [2.75, 3.05) is 68.8 Å². The fourth-order valence-electron chi connectivity index (χ4n) is 12.4. The van der Waals surface area contributed by atoms with Gasteiger partial charge in [0.05, 0.1) is 24.2 Å². The van der Waals surface area contributed by atoms with Gasteiger partial charge in [-0.05, 0) is 90.8 Å². The Morgan fingerprint density at radius 1 is 0.875 bits per heavy atom. The van der Waals surface area contributed by atoms with E-state index in [1.54, 1.807) is 23.2 Å². The number of anilines is 2. The van der Waals surface area contributed by atoms with E-state index in [2.05, 4.69) is 54.0 Å². The predicted molar refractivity (Wildman–Crippen MR) is 268 cm³/mol. The van der Waals surface area contributed by atoms with E-state index in [4.69, 9.17) is 24.7 Å². The maximum Gasteiger partial charge on any atom is 0.319 e. The molecular weight excluding hydrogens is 916 g/mol. The van der Waals surface area contributed by atoms with Gasteiger partial charge in [0, 0.05) is 125 Å². The van der Waals surface area contributed by atoms with Crippen molar-refractivity contribution in [1.29, 1.82) is 0 Å². The third-order valence-corrected chi connectivity index (χ3v) is 16.4. The summed E-state index contributed by atoms with van der Waals surface area (Å²) in [5.41, 5.74) is 5.52. The summed E-state index contributed by atoms with van der Waals surface area (Å²) in [7, 11) is 0. The number of rotatable bonds is 12. The van der Waals surface area contributed by atoms with E-state index >= 15 is 4.39 Å². The Balaban J connectivity index is 0.666. The third kappa shape index (κ3) is 8.26. The van der Waals surface area contributed by atoms with Gasteiger partial charge in [-0.15, -0.1) is 0 Å². The van der Waals surface area contributed by atoms with Crippen LogP contribution in [0.4, 0.5) is 15.9 Å². The minimum absolute atomic E-state index is 0.0494. The molecule has 72 heavy (non-hydrogen) atoms. The molecule has 13 rings (SSSR count). The van der Waals surface area contributed by atoms with Gasteiger partial charge < -0.3 is 34.4 Å². The van der Waals surface area contributed by atoms with E-state index in [0.29, 0.717) is 54.0 Å². The molecule has 9 heterocycles. The number of aryl methyl sites for hydroxylation is 1. The van der Waals surface area contributed by atoms with Gasteiger partial charge in [-0.3, -0.25) is 34.5 Å². The fraction of sp³-hybridized carbons (Fsp3) is 0.463. The molecular formula is C54H59FN12O5. The summed E-state index contributed by atoms with van der Waals surface area (Å²) < 4.78 is 26.1. The van der Waals surface area contributed by atoms with E-state index in [1.165, 1.54) is 0 Å². The second-order valence-corrected chi connectivity index (χ2v) is 21.3. The van der Waals surface area contributed by atoms with Gasteiger partial charge in [-0.1, -0.05) is 25.1 Å². The number of piperidine rings is 1. The van der Waals surface area contributed by atoms with Gasteiger partial charge in [0.15, 0.2) is 5.82 Å². The van der Waals surface area contributed by atoms with Crippen LogP contribution >= 0.6 is 0 Å². The zero-order chi connectivity index (χ0) is 48.8. The van der Waals surface area contributed by atoms with Crippen LogP contribution in [0.5, 0.6) is 11.8 Å². The minimum atomic E-state index is -0.621. The van der Waals surface area contributed by atoms with Crippen molar-refractivity contribution in [1.82, 2.24) is 49.8 Å². The van der Waals surface area contributed by atoms with Crippen LogP contribution in [0.15, 0.2) is 60.9 Å².